The first-order valence-electron chi connectivity index (χ1n) is 22.8. The fourth-order valence-electron chi connectivity index (χ4n) is 10.8. The fourth-order valence-corrected chi connectivity index (χ4v) is 10.8. The average Bonchev–Trinajstić information content (AvgIpc) is 3.84. The van der Waals surface area contributed by atoms with Crippen LogP contribution in [0.1, 0.15) is 25.0 Å². The molecule has 3 heteroatoms. The third-order valence-corrected chi connectivity index (χ3v) is 14.0. The molecule has 0 saturated carbocycles. The predicted octanol–water partition coefficient (Wildman–Crippen LogP) is 16.5. The van der Waals surface area contributed by atoms with Crippen molar-refractivity contribution in [1.82, 2.24) is 14.5 Å². The van der Waals surface area contributed by atoms with Gasteiger partial charge in [-0.3, -0.25) is 0 Å². The summed E-state index contributed by atoms with van der Waals surface area (Å²) >= 11 is 0. The van der Waals surface area contributed by atoms with Crippen molar-refractivity contribution in [3.05, 3.63) is 236 Å². The van der Waals surface area contributed by atoms with Gasteiger partial charge < -0.3 is 4.57 Å². The summed E-state index contributed by atoms with van der Waals surface area (Å²) in [6.07, 6.45) is 0. The molecule has 2 aromatic heterocycles. The van der Waals surface area contributed by atoms with Crippen molar-refractivity contribution in [3.63, 3.8) is 0 Å². The minimum Gasteiger partial charge on any atom is -0.309 e. The molecule has 0 fully saturated rings. The van der Waals surface area contributed by atoms with E-state index < -0.39 is 0 Å². The number of rotatable bonds is 6. The molecule has 0 spiro atoms. The van der Waals surface area contributed by atoms with Gasteiger partial charge in [-0.2, -0.15) is 0 Å². The van der Waals surface area contributed by atoms with Crippen molar-refractivity contribution < 1.29 is 0 Å². The number of nitrogens with zero attached hydrogens (tertiary/aromatic N) is 3. The monoisotopic (exact) mass is 841 g/mol. The first-order valence-corrected chi connectivity index (χ1v) is 22.8. The minimum absolute atomic E-state index is 0.164. The lowest BCUT2D eigenvalue weighted by Gasteiger charge is -2.22. The van der Waals surface area contributed by atoms with E-state index in [4.69, 9.17) is 9.97 Å². The number of benzene rings is 10. The van der Waals surface area contributed by atoms with Crippen molar-refractivity contribution in [2.45, 2.75) is 19.3 Å². The number of para-hydroxylation sites is 3. The Labute approximate surface area is 384 Å². The van der Waals surface area contributed by atoms with E-state index in [0.29, 0.717) is 5.82 Å². The third-order valence-electron chi connectivity index (χ3n) is 14.0. The number of hydrogen-bond donors (Lipinski definition) is 0. The van der Waals surface area contributed by atoms with Gasteiger partial charge in [0.25, 0.3) is 0 Å². The summed E-state index contributed by atoms with van der Waals surface area (Å²) in [5.41, 5.74) is 18.3. The molecule has 1 aliphatic rings. The molecule has 0 aliphatic heterocycles. The van der Waals surface area contributed by atoms with Gasteiger partial charge in [0, 0.05) is 44.1 Å². The van der Waals surface area contributed by atoms with Gasteiger partial charge in [-0.05, 0) is 96.9 Å². The largest absolute Gasteiger partial charge is 0.309 e. The molecule has 0 unspecified atom stereocenters. The molecule has 0 radical (unpaired) electrons. The molecule has 12 aromatic rings. The molecule has 2 heterocycles. The maximum atomic E-state index is 5.38. The molecule has 3 nitrogen and oxygen atoms in total. The van der Waals surface area contributed by atoms with E-state index in [9.17, 15) is 0 Å². The number of fused-ring (bicyclic) bond motifs is 8. The second-order valence-electron chi connectivity index (χ2n) is 18.1. The van der Waals surface area contributed by atoms with E-state index in [2.05, 4.69) is 237 Å². The van der Waals surface area contributed by atoms with Gasteiger partial charge in [-0.15, -0.1) is 0 Å². The van der Waals surface area contributed by atoms with Gasteiger partial charge in [0.15, 0.2) is 5.82 Å². The molecule has 0 saturated heterocycles. The first-order chi connectivity index (χ1) is 32.5. The van der Waals surface area contributed by atoms with Gasteiger partial charge in [0.05, 0.1) is 22.4 Å². The van der Waals surface area contributed by atoms with E-state index in [1.165, 1.54) is 82.5 Å². The number of aromatic nitrogens is 3. The second kappa shape index (κ2) is 14.8. The zero-order valence-corrected chi connectivity index (χ0v) is 36.7. The summed E-state index contributed by atoms with van der Waals surface area (Å²) < 4.78 is 2.41. The maximum Gasteiger partial charge on any atom is 0.160 e. The number of hydrogen-bond acceptors (Lipinski definition) is 2. The smallest absolute Gasteiger partial charge is 0.160 e. The highest BCUT2D eigenvalue weighted by Gasteiger charge is 2.37. The molecule has 1 aliphatic carbocycles. The second-order valence-corrected chi connectivity index (χ2v) is 18.1. The summed E-state index contributed by atoms with van der Waals surface area (Å²) in [5.74, 6) is 0.710. The van der Waals surface area contributed by atoms with Crippen LogP contribution in [0.15, 0.2) is 224 Å². The summed E-state index contributed by atoms with van der Waals surface area (Å²) in [6, 6.07) is 81.3. The van der Waals surface area contributed by atoms with Crippen LogP contribution < -0.4 is 0 Å². The Morgan fingerprint density at radius 1 is 0.364 bits per heavy atom. The molecule has 0 amide bonds. The Morgan fingerprint density at radius 3 is 1.68 bits per heavy atom. The van der Waals surface area contributed by atoms with Crippen LogP contribution in [0.2, 0.25) is 0 Å². The van der Waals surface area contributed by atoms with E-state index in [1.54, 1.807) is 0 Å². The summed E-state index contributed by atoms with van der Waals surface area (Å²) in [7, 11) is 0. The van der Waals surface area contributed by atoms with Crippen molar-refractivity contribution >= 4 is 43.4 Å². The molecule has 0 N–H and O–H groups in total. The quantitative estimate of drug-likeness (QED) is 0.167. The normalized spacial score (nSPS) is 12.8. The summed E-state index contributed by atoms with van der Waals surface area (Å²) in [4.78, 5) is 10.7. The van der Waals surface area contributed by atoms with Crippen molar-refractivity contribution in [2.24, 2.45) is 0 Å². The van der Waals surface area contributed by atoms with Crippen molar-refractivity contribution in [1.29, 1.82) is 0 Å². The molecule has 13 rings (SSSR count). The molecule has 0 bridgehead atoms. The topological polar surface area (TPSA) is 30.7 Å². The van der Waals surface area contributed by atoms with Gasteiger partial charge in [-0.1, -0.05) is 202 Å². The van der Waals surface area contributed by atoms with E-state index in [-0.39, 0.29) is 5.41 Å². The lowest BCUT2D eigenvalue weighted by Crippen LogP contribution is -2.14. The molecule has 310 valence electrons. The minimum atomic E-state index is -0.164. The Morgan fingerprint density at radius 2 is 0.924 bits per heavy atom. The Kier molecular flexibility index (Phi) is 8.56. The van der Waals surface area contributed by atoms with Crippen LogP contribution in [0.5, 0.6) is 0 Å². The van der Waals surface area contributed by atoms with Crippen LogP contribution >= 0.6 is 0 Å². The van der Waals surface area contributed by atoms with Gasteiger partial charge >= 0.3 is 0 Å². The van der Waals surface area contributed by atoms with Crippen LogP contribution in [0.4, 0.5) is 0 Å². The molecular formula is C63H43N3. The maximum absolute atomic E-state index is 5.38. The molecule has 10 aromatic carbocycles. The fraction of sp³-hybridized carbons (Fsp3) is 0.0476. The van der Waals surface area contributed by atoms with Gasteiger partial charge in [0.1, 0.15) is 0 Å². The van der Waals surface area contributed by atoms with E-state index in [0.717, 1.165) is 39.2 Å². The van der Waals surface area contributed by atoms with Crippen LogP contribution in [-0.4, -0.2) is 14.5 Å². The lowest BCUT2D eigenvalue weighted by atomic mass is 9.81. The Balaban J connectivity index is 0.948. The molecular weight excluding hydrogens is 799 g/mol. The summed E-state index contributed by atoms with van der Waals surface area (Å²) in [5, 5.41) is 7.34. The standard InChI is InChI=1S/C63H43N3/c1-63(2)55-29-16-28-53(60(55)54-37-43-19-9-10-20-44(43)38-56(54)63)58-39-57(64-62(65-58)42-17-5-3-6-18-42)50-36-35-46(48-23-11-12-24-49(48)50)40-31-33-41(34-32-40)47-26-15-27-52-51-25-13-14-30-59(51)66(61(47)52)45-21-7-4-8-22-45/h3-39H,1-2H3. The average molecular weight is 842 g/mol. The molecule has 66 heavy (non-hydrogen) atoms. The van der Waals surface area contributed by atoms with Gasteiger partial charge in [0.2, 0.25) is 0 Å². The zero-order chi connectivity index (χ0) is 43.9. The Hall–Kier alpha value is -8.40. The van der Waals surface area contributed by atoms with Crippen LogP contribution in [-0.2, 0) is 5.41 Å². The summed E-state index contributed by atoms with van der Waals surface area (Å²) in [6.45, 7) is 4.70. The Bertz CT molecular complexity index is 3880. The van der Waals surface area contributed by atoms with E-state index >= 15 is 0 Å². The highest BCUT2D eigenvalue weighted by molar-refractivity contribution is 6.14. The molecule has 0 atom stereocenters. The van der Waals surface area contributed by atoms with Crippen molar-refractivity contribution in [3.8, 4) is 73.0 Å². The third kappa shape index (κ3) is 5.90. The first kappa shape index (κ1) is 38.1. The SMILES string of the molecule is CC1(C)c2cc3ccccc3cc2-c2c(-c3cc(-c4ccc(-c5ccc(-c6cccc7c8ccccc8n(-c8ccccc8)c67)cc5)c5ccccc45)nc(-c4ccccc4)n3)cccc21. The van der Waals surface area contributed by atoms with Crippen LogP contribution in [0.3, 0.4) is 0 Å². The zero-order valence-electron chi connectivity index (χ0n) is 36.7. The van der Waals surface area contributed by atoms with E-state index in [1.807, 2.05) is 6.07 Å². The van der Waals surface area contributed by atoms with Crippen molar-refractivity contribution in [2.75, 3.05) is 0 Å². The predicted molar refractivity (Wildman–Crippen MR) is 276 cm³/mol. The highest BCUT2D eigenvalue weighted by atomic mass is 15.0. The lowest BCUT2D eigenvalue weighted by molar-refractivity contribution is 0.661. The van der Waals surface area contributed by atoms with Crippen LogP contribution in [0, 0.1) is 0 Å². The van der Waals surface area contributed by atoms with Gasteiger partial charge in [-0.25, -0.2) is 9.97 Å². The van der Waals surface area contributed by atoms with Crippen LogP contribution in [0.25, 0.3) is 116 Å². The highest BCUT2D eigenvalue weighted by Crippen LogP contribution is 2.53.